The topological polar surface area (TPSA) is 150 Å². The number of rotatable bonds is 5. The van der Waals surface area contributed by atoms with Crippen LogP contribution in [0.5, 0.6) is 5.75 Å². The number of nitrogens with two attached hydrogens (primary N) is 1. The molecule has 2 aromatic carbocycles. The van der Waals surface area contributed by atoms with Gasteiger partial charge in [-0.1, -0.05) is 19.9 Å². The molecule has 1 atom stereocenters. The van der Waals surface area contributed by atoms with Crippen molar-refractivity contribution in [1.82, 2.24) is 4.90 Å². The van der Waals surface area contributed by atoms with Crippen LogP contribution in [0.3, 0.4) is 0 Å². The summed E-state index contributed by atoms with van der Waals surface area (Å²) in [6, 6.07) is 5.10. The van der Waals surface area contributed by atoms with E-state index in [0.29, 0.717) is 45.2 Å². The Bertz CT molecular complexity index is 1350. The van der Waals surface area contributed by atoms with Crippen LogP contribution in [-0.2, 0) is 31.0 Å². The van der Waals surface area contributed by atoms with Gasteiger partial charge >= 0.3 is 10.2 Å². The number of aryl methyl sites for hydroxylation is 1. The lowest BCUT2D eigenvalue weighted by Crippen LogP contribution is -2.47. The van der Waals surface area contributed by atoms with E-state index >= 15 is 0 Å². The molecule has 1 aliphatic heterocycles. The molecule has 0 aromatic heterocycles. The van der Waals surface area contributed by atoms with Crippen molar-refractivity contribution in [2.75, 3.05) is 16.2 Å². The highest BCUT2D eigenvalue weighted by Crippen LogP contribution is 2.36. The molecule has 3 amide bonds. The predicted molar refractivity (Wildman–Crippen MR) is 137 cm³/mol. The second kappa shape index (κ2) is 9.90. The van der Waals surface area contributed by atoms with Crippen LogP contribution in [-0.4, -0.2) is 42.7 Å². The molecule has 1 unspecified atom stereocenters. The number of phenols is 1. The molecule has 0 aliphatic carbocycles. The molecule has 0 radical (unpaired) electrons. The Hall–Kier alpha value is -3.44. The van der Waals surface area contributed by atoms with Crippen LogP contribution in [0.15, 0.2) is 24.3 Å². The van der Waals surface area contributed by atoms with E-state index in [1.807, 2.05) is 0 Å². The summed E-state index contributed by atoms with van der Waals surface area (Å²) in [5, 5.41) is 18.4. The third-order valence-corrected chi connectivity index (χ3v) is 7.45. The highest BCUT2D eigenvalue weighted by molar-refractivity contribution is 7.91. The van der Waals surface area contributed by atoms with Crippen LogP contribution in [0.1, 0.15) is 54.6 Å². The van der Waals surface area contributed by atoms with Crippen LogP contribution in [0.4, 0.5) is 11.4 Å². The molecule has 194 valence electrons. The molecular formula is C25H32N4O6S. The fourth-order valence-electron chi connectivity index (χ4n) is 4.49. The zero-order valence-electron chi connectivity index (χ0n) is 21.2. The zero-order chi connectivity index (χ0) is 27.1. The first-order valence-electron chi connectivity index (χ1n) is 11.5. The fraction of sp³-hybridized carbons (Fsp3) is 0.400. The molecule has 10 nitrogen and oxygen atoms in total. The number of amides is 3. The van der Waals surface area contributed by atoms with Crippen LogP contribution >= 0.6 is 0 Å². The summed E-state index contributed by atoms with van der Waals surface area (Å²) >= 11 is 0. The molecule has 0 saturated carbocycles. The van der Waals surface area contributed by atoms with Crippen molar-refractivity contribution in [2.45, 2.75) is 54.0 Å². The Morgan fingerprint density at radius 3 is 2.33 bits per heavy atom. The molecule has 0 saturated heterocycles. The summed E-state index contributed by atoms with van der Waals surface area (Å²) in [6.07, 6.45) is 0.448. The molecule has 1 aliphatic rings. The molecule has 0 spiro atoms. The van der Waals surface area contributed by atoms with Gasteiger partial charge in [0.1, 0.15) is 11.8 Å². The van der Waals surface area contributed by atoms with Crippen LogP contribution in [0, 0.1) is 26.7 Å². The maximum Gasteiger partial charge on any atom is 0.305 e. The van der Waals surface area contributed by atoms with Crippen molar-refractivity contribution in [3.8, 4) is 5.75 Å². The molecule has 2 aromatic rings. The second-order valence-electron chi connectivity index (χ2n) is 9.38. The van der Waals surface area contributed by atoms with Crippen molar-refractivity contribution in [2.24, 2.45) is 11.1 Å². The van der Waals surface area contributed by atoms with E-state index in [1.54, 1.807) is 46.8 Å². The normalized spacial score (nSPS) is 15.4. The number of hydrogen-bond donors (Lipinski definition) is 3. The predicted octanol–water partition coefficient (Wildman–Crippen LogP) is 2.59. The van der Waals surface area contributed by atoms with E-state index < -0.39 is 28.1 Å². The molecule has 3 rings (SSSR count). The fourth-order valence-corrected chi connectivity index (χ4v) is 5.25. The number of nitrogens with zero attached hydrogens (tertiary/aromatic N) is 2. The molecule has 36 heavy (non-hydrogen) atoms. The summed E-state index contributed by atoms with van der Waals surface area (Å²) in [4.78, 5) is 40.4. The number of carbonyl (C=O) groups excluding carboxylic acids is 3. The van der Waals surface area contributed by atoms with E-state index in [-0.39, 0.29) is 23.3 Å². The summed E-state index contributed by atoms with van der Waals surface area (Å²) < 4.78 is 24.7. The van der Waals surface area contributed by atoms with Gasteiger partial charge in [-0.15, -0.1) is 0 Å². The Balaban J connectivity index is 2.16. The van der Waals surface area contributed by atoms with Gasteiger partial charge in [0.15, 0.2) is 0 Å². The van der Waals surface area contributed by atoms with Gasteiger partial charge in [-0.3, -0.25) is 14.4 Å². The second-order valence-corrected chi connectivity index (χ2v) is 10.8. The van der Waals surface area contributed by atoms with Gasteiger partial charge in [0.2, 0.25) is 11.8 Å². The lowest BCUT2D eigenvalue weighted by Gasteiger charge is -2.38. The minimum Gasteiger partial charge on any atom is -0.507 e. The van der Waals surface area contributed by atoms with E-state index in [9.17, 15) is 27.9 Å². The average molecular weight is 517 g/mol. The number of benzene rings is 2. The number of anilines is 2. The maximum atomic E-state index is 13.7. The van der Waals surface area contributed by atoms with Crippen LogP contribution in [0.2, 0.25) is 0 Å². The van der Waals surface area contributed by atoms with Crippen molar-refractivity contribution in [3.63, 3.8) is 0 Å². The maximum absolute atomic E-state index is 13.7. The van der Waals surface area contributed by atoms with Gasteiger partial charge < -0.3 is 15.3 Å². The van der Waals surface area contributed by atoms with Gasteiger partial charge in [-0.25, -0.2) is 5.14 Å². The smallest absolute Gasteiger partial charge is 0.305 e. The number of fused-ring (bicyclic) bond motifs is 1. The quantitative estimate of drug-likeness (QED) is 0.520. The molecular weight excluding hydrogens is 484 g/mol. The Morgan fingerprint density at radius 2 is 1.78 bits per heavy atom. The van der Waals surface area contributed by atoms with Gasteiger partial charge in [-0.2, -0.15) is 12.7 Å². The van der Waals surface area contributed by atoms with Crippen molar-refractivity contribution in [3.05, 3.63) is 52.1 Å². The molecule has 0 bridgehead atoms. The van der Waals surface area contributed by atoms with E-state index in [2.05, 4.69) is 5.32 Å². The standard InChI is InChI=1S/C25H32N4O6S/c1-13(2)25(33)28-10-9-18-7-8-19(29(17(6)30)36(26,34)35)12-20(18)22(28)24(32)27-21-11-14(3)23(31)16(5)15(21)4/h7-8,11-13,22,31H,9-10H2,1-6H3,(H,27,32)(H2,26,34,35). The minimum atomic E-state index is -4.41. The SMILES string of the molecule is CC(=O)N(c1ccc2c(c1)C(C(=O)Nc1cc(C)c(O)c(C)c1C)N(C(=O)C(C)C)CC2)S(N)(=O)=O. The van der Waals surface area contributed by atoms with Crippen molar-refractivity contribution in [1.29, 1.82) is 0 Å². The third kappa shape index (κ3) is 5.07. The molecule has 4 N–H and O–H groups in total. The lowest BCUT2D eigenvalue weighted by molar-refractivity contribution is -0.142. The highest BCUT2D eigenvalue weighted by atomic mass is 32.2. The van der Waals surface area contributed by atoms with E-state index in [0.717, 1.165) is 12.5 Å². The monoisotopic (exact) mass is 516 g/mol. The van der Waals surface area contributed by atoms with Crippen molar-refractivity contribution < 1.29 is 27.9 Å². The van der Waals surface area contributed by atoms with Crippen LogP contribution < -0.4 is 14.8 Å². The number of phenolic OH excluding ortho intramolecular Hbond substituents is 1. The summed E-state index contributed by atoms with van der Waals surface area (Å²) in [6.45, 7) is 10.1. The first kappa shape index (κ1) is 27.2. The first-order valence-corrected chi connectivity index (χ1v) is 13.0. The summed E-state index contributed by atoms with van der Waals surface area (Å²) in [5.41, 5.74) is 3.51. The van der Waals surface area contributed by atoms with E-state index in [4.69, 9.17) is 5.14 Å². The largest absolute Gasteiger partial charge is 0.507 e. The summed E-state index contributed by atoms with van der Waals surface area (Å²) in [5.74, 6) is -1.80. The third-order valence-electron chi connectivity index (χ3n) is 6.47. The minimum absolute atomic E-state index is 0.0205. The number of carbonyl (C=O) groups is 3. The zero-order valence-corrected chi connectivity index (χ0v) is 22.1. The van der Waals surface area contributed by atoms with Crippen molar-refractivity contribution >= 4 is 39.3 Å². The first-order chi connectivity index (χ1) is 16.6. The highest BCUT2D eigenvalue weighted by Gasteiger charge is 2.38. The average Bonchev–Trinajstić information content (AvgIpc) is 2.78. The van der Waals surface area contributed by atoms with Crippen LogP contribution in [0.25, 0.3) is 0 Å². The van der Waals surface area contributed by atoms with Gasteiger partial charge in [0.05, 0.1) is 5.69 Å². The molecule has 1 heterocycles. The lowest BCUT2D eigenvalue weighted by atomic mass is 9.90. The van der Waals surface area contributed by atoms with Gasteiger partial charge in [-0.05, 0) is 73.2 Å². The molecule has 11 heteroatoms. The number of hydrogen-bond acceptors (Lipinski definition) is 6. The van der Waals surface area contributed by atoms with Gasteiger partial charge in [0, 0.05) is 25.1 Å². The Kier molecular flexibility index (Phi) is 7.47. The Morgan fingerprint density at radius 1 is 1.14 bits per heavy atom. The summed E-state index contributed by atoms with van der Waals surface area (Å²) in [7, 11) is -4.41. The van der Waals surface area contributed by atoms with Gasteiger partial charge in [0.25, 0.3) is 5.91 Å². The number of nitrogens with one attached hydrogen (secondary N) is 1. The number of aromatic hydroxyl groups is 1. The van der Waals surface area contributed by atoms with E-state index in [1.165, 1.54) is 17.0 Å². The Labute approximate surface area is 211 Å². The molecule has 0 fully saturated rings.